The zero-order valence-corrected chi connectivity index (χ0v) is 11.7. The second-order valence-electron chi connectivity index (χ2n) is 4.63. The van der Waals surface area contributed by atoms with Crippen LogP contribution in [0.3, 0.4) is 0 Å². The fraction of sp³-hybridized carbons (Fsp3) is 0.133. The predicted molar refractivity (Wildman–Crippen MR) is 79.0 cm³/mol. The smallest absolute Gasteiger partial charge is 0.328 e. The van der Waals surface area contributed by atoms with Crippen molar-refractivity contribution >= 4 is 23.8 Å². The number of amides is 1. The van der Waals surface area contributed by atoms with Gasteiger partial charge in [0.25, 0.3) is 5.91 Å². The first-order valence-corrected chi connectivity index (χ1v) is 6.28. The van der Waals surface area contributed by atoms with Gasteiger partial charge in [0.15, 0.2) is 5.82 Å². The van der Waals surface area contributed by atoms with Crippen molar-refractivity contribution in [3.8, 4) is 0 Å². The van der Waals surface area contributed by atoms with Crippen LogP contribution >= 0.6 is 0 Å². The summed E-state index contributed by atoms with van der Waals surface area (Å²) < 4.78 is 1.59. The van der Waals surface area contributed by atoms with E-state index >= 15 is 0 Å². The molecule has 2 aromatic rings. The van der Waals surface area contributed by atoms with E-state index in [0.717, 1.165) is 11.6 Å². The van der Waals surface area contributed by atoms with Crippen LogP contribution in [0.4, 0.5) is 5.82 Å². The van der Waals surface area contributed by atoms with Crippen LogP contribution in [0.5, 0.6) is 0 Å². The van der Waals surface area contributed by atoms with E-state index in [-0.39, 0.29) is 5.91 Å². The Bertz CT molecular complexity index is 717. The summed E-state index contributed by atoms with van der Waals surface area (Å²) in [5.41, 5.74) is 1.97. The lowest BCUT2D eigenvalue weighted by Gasteiger charge is -2.05. The summed E-state index contributed by atoms with van der Waals surface area (Å²) in [6.45, 7) is 1.84. The molecule has 0 saturated heterocycles. The van der Waals surface area contributed by atoms with E-state index < -0.39 is 5.97 Å². The number of carboxylic acid groups (broad SMARTS) is 1. The number of carboxylic acids is 1. The predicted octanol–water partition coefficient (Wildman–Crippen LogP) is 2.08. The SMILES string of the molecule is Cc1cc(/C=C/C(=O)O)cc(C(=O)Nc2ccn(C)n2)c1. The highest BCUT2D eigenvalue weighted by molar-refractivity contribution is 6.04. The number of anilines is 1. The molecule has 0 fully saturated rings. The molecular weight excluding hydrogens is 270 g/mol. The van der Waals surface area contributed by atoms with Crippen LogP contribution < -0.4 is 5.32 Å². The fourth-order valence-corrected chi connectivity index (χ4v) is 1.88. The van der Waals surface area contributed by atoms with Gasteiger partial charge in [0, 0.05) is 31.0 Å². The number of aromatic nitrogens is 2. The lowest BCUT2D eigenvalue weighted by atomic mass is 10.1. The summed E-state index contributed by atoms with van der Waals surface area (Å²) in [7, 11) is 1.76. The van der Waals surface area contributed by atoms with E-state index in [9.17, 15) is 9.59 Å². The number of aryl methyl sites for hydroxylation is 2. The van der Waals surface area contributed by atoms with Gasteiger partial charge in [-0.15, -0.1) is 0 Å². The Morgan fingerprint density at radius 3 is 2.71 bits per heavy atom. The van der Waals surface area contributed by atoms with Crippen LogP contribution in [-0.2, 0) is 11.8 Å². The van der Waals surface area contributed by atoms with Crippen molar-refractivity contribution in [2.75, 3.05) is 5.32 Å². The van der Waals surface area contributed by atoms with Gasteiger partial charge in [-0.1, -0.05) is 6.07 Å². The number of nitrogens with one attached hydrogen (secondary N) is 1. The minimum Gasteiger partial charge on any atom is -0.478 e. The third-order valence-electron chi connectivity index (χ3n) is 2.74. The Balaban J connectivity index is 2.22. The molecule has 0 radical (unpaired) electrons. The maximum Gasteiger partial charge on any atom is 0.328 e. The van der Waals surface area contributed by atoms with Crippen molar-refractivity contribution in [3.63, 3.8) is 0 Å². The average molecular weight is 285 g/mol. The van der Waals surface area contributed by atoms with Crippen LogP contribution in [0, 0.1) is 6.92 Å². The van der Waals surface area contributed by atoms with E-state index in [2.05, 4.69) is 10.4 Å². The second-order valence-corrected chi connectivity index (χ2v) is 4.63. The van der Waals surface area contributed by atoms with Crippen molar-refractivity contribution < 1.29 is 14.7 Å². The topological polar surface area (TPSA) is 84.2 Å². The van der Waals surface area contributed by atoms with Gasteiger partial charge in [-0.2, -0.15) is 5.10 Å². The fourth-order valence-electron chi connectivity index (χ4n) is 1.88. The highest BCUT2D eigenvalue weighted by Crippen LogP contribution is 2.13. The zero-order valence-electron chi connectivity index (χ0n) is 11.7. The molecule has 1 heterocycles. The normalized spacial score (nSPS) is 10.8. The molecule has 0 bridgehead atoms. The Morgan fingerprint density at radius 2 is 2.10 bits per heavy atom. The molecule has 6 nitrogen and oxygen atoms in total. The minimum absolute atomic E-state index is 0.289. The molecule has 0 atom stereocenters. The minimum atomic E-state index is -1.03. The van der Waals surface area contributed by atoms with Crippen molar-refractivity contribution in [2.45, 2.75) is 6.92 Å². The first-order chi connectivity index (χ1) is 9.94. The summed E-state index contributed by atoms with van der Waals surface area (Å²) in [6, 6.07) is 6.86. The van der Waals surface area contributed by atoms with Crippen molar-refractivity contribution in [1.82, 2.24) is 9.78 Å². The van der Waals surface area contributed by atoms with Crippen LogP contribution in [0.15, 0.2) is 36.5 Å². The van der Waals surface area contributed by atoms with Crippen LogP contribution in [-0.4, -0.2) is 26.8 Å². The molecule has 0 aliphatic rings. The van der Waals surface area contributed by atoms with Gasteiger partial charge in [0.1, 0.15) is 0 Å². The molecule has 0 aliphatic heterocycles. The highest BCUT2D eigenvalue weighted by atomic mass is 16.4. The van der Waals surface area contributed by atoms with E-state index in [1.807, 2.05) is 6.92 Å². The average Bonchev–Trinajstić information content (AvgIpc) is 2.81. The molecule has 0 saturated carbocycles. The van der Waals surface area contributed by atoms with Crippen molar-refractivity contribution in [2.24, 2.45) is 7.05 Å². The number of hydrogen-bond acceptors (Lipinski definition) is 3. The quantitative estimate of drug-likeness (QED) is 0.842. The number of carbonyl (C=O) groups is 2. The monoisotopic (exact) mass is 285 g/mol. The Hall–Kier alpha value is -2.89. The molecule has 21 heavy (non-hydrogen) atoms. The van der Waals surface area contributed by atoms with Gasteiger partial charge in [-0.05, 0) is 36.3 Å². The van der Waals surface area contributed by atoms with Gasteiger partial charge < -0.3 is 10.4 Å². The standard InChI is InChI=1S/C15H15N3O3/c1-10-7-11(3-4-14(19)20)9-12(8-10)15(21)16-13-5-6-18(2)17-13/h3-9H,1-2H3,(H,19,20)(H,16,17,21)/b4-3+. The first kappa shape index (κ1) is 14.5. The van der Waals surface area contributed by atoms with Crippen molar-refractivity contribution in [1.29, 1.82) is 0 Å². The Labute approximate surface area is 121 Å². The summed E-state index contributed by atoms with van der Waals surface area (Å²) in [6.07, 6.45) is 4.22. The number of carbonyl (C=O) groups excluding carboxylic acids is 1. The number of nitrogens with zero attached hydrogens (tertiary/aromatic N) is 2. The third-order valence-corrected chi connectivity index (χ3v) is 2.74. The van der Waals surface area contributed by atoms with Gasteiger partial charge in [0.05, 0.1) is 0 Å². The zero-order chi connectivity index (χ0) is 15.4. The molecule has 1 aromatic carbocycles. The molecule has 2 N–H and O–H groups in total. The van der Waals surface area contributed by atoms with E-state index in [4.69, 9.17) is 5.11 Å². The number of benzene rings is 1. The van der Waals surface area contributed by atoms with Crippen molar-refractivity contribution in [3.05, 3.63) is 53.2 Å². The number of aliphatic carboxylic acids is 1. The molecule has 1 aromatic heterocycles. The maximum atomic E-state index is 12.2. The molecule has 0 aliphatic carbocycles. The largest absolute Gasteiger partial charge is 0.478 e. The molecule has 2 rings (SSSR count). The number of hydrogen-bond donors (Lipinski definition) is 2. The van der Waals surface area contributed by atoms with Crippen LogP contribution in [0.25, 0.3) is 6.08 Å². The van der Waals surface area contributed by atoms with E-state index in [0.29, 0.717) is 16.9 Å². The molecule has 6 heteroatoms. The lowest BCUT2D eigenvalue weighted by molar-refractivity contribution is -0.131. The van der Waals surface area contributed by atoms with Gasteiger partial charge >= 0.3 is 5.97 Å². The van der Waals surface area contributed by atoms with Gasteiger partial charge in [-0.3, -0.25) is 9.48 Å². The van der Waals surface area contributed by atoms with Crippen LogP contribution in [0.1, 0.15) is 21.5 Å². The Kier molecular flexibility index (Phi) is 4.18. The summed E-state index contributed by atoms with van der Waals surface area (Å²) in [5, 5.41) is 15.4. The van der Waals surface area contributed by atoms with Gasteiger partial charge in [0.2, 0.25) is 0 Å². The first-order valence-electron chi connectivity index (χ1n) is 6.28. The van der Waals surface area contributed by atoms with Gasteiger partial charge in [-0.25, -0.2) is 4.79 Å². The van der Waals surface area contributed by atoms with E-state index in [1.165, 1.54) is 6.08 Å². The molecule has 0 spiro atoms. The molecule has 1 amide bonds. The summed E-state index contributed by atoms with van der Waals surface area (Å²) >= 11 is 0. The summed E-state index contributed by atoms with van der Waals surface area (Å²) in [5.74, 6) is -0.856. The third kappa shape index (κ3) is 4.04. The van der Waals surface area contributed by atoms with E-state index in [1.54, 1.807) is 42.2 Å². The van der Waals surface area contributed by atoms with Crippen LogP contribution in [0.2, 0.25) is 0 Å². The molecule has 0 unspecified atom stereocenters. The molecular formula is C15H15N3O3. The maximum absolute atomic E-state index is 12.2. The molecule has 108 valence electrons. The second kappa shape index (κ2) is 6.04. The summed E-state index contributed by atoms with van der Waals surface area (Å²) in [4.78, 5) is 22.7. The number of rotatable bonds is 4. The Morgan fingerprint density at radius 1 is 1.33 bits per heavy atom. The highest BCUT2D eigenvalue weighted by Gasteiger charge is 2.09. The lowest BCUT2D eigenvalue weighted by Crippen LogP contribution is -2.13.